The molecule has 2 rings (SSSR count). The van der Waals surface area contributed by atoms with E-state index in [0.717, 1.165) is 23.4 Å². The molecule has 1 amide bonds. The van der Waals surface area contributed by atoms with Crippen molar-refractivity contribution in [3.8, 4) is 23.0 Å². The van der Waals surface area contributed by atoms with Gasteiger partial charge in [0.15, 0.2) is 11.5 Å². The molecule has 0 saturated carbocycles. The molecular weight excluding hydrogens is 352 g/mol. The van der Waals surface area contributed by atoms with Gasteiger partial charge in [-0.2, -0.15) is 0 Å². The first-order chi connectivity index (χ1) is 12.5. The Hall–Kier alpha value is -2.15. The van der Waals surface area contributed by atoms with Crippen molar-refractivity contribution in [3.05, 3.63) is 29.7 Å². The molecule has 0 aliphatic carbocycles. The summed E-state index contributed by atoms with van der Waals surface area (Å²) in [6, 6.07) is 5.74. The molecule has 0 aliphatic heterocycles. The van der Waals surface area contributed by atoms with Gasteiger partial charge in [-0.3, -0.25) is 4.79 Å². The molecule has 2 aromatic rings. The zero-order valence-corrected chi connectivity index (χ0v) is 16.7. The Morgan fingerprint density at radius 3 is 2.69 bits per heavy atom. The van der Waals surface area contributed by atoms with Crippen LogP contribution in [0.1, 0.15) is 31.7 Å². The number of nitrogens with zero attached hydrogens (tertiary/aromatic N) is 1. The van der Waals surface area contributed by atoms with Crippen LogP contribution in [0.4, 0.5) is 0 Å². The van der Waals surface area contributed by atoms with Crippen molar-refractivity contribution in [1.82, 2.24) is 10.3 Å². The molecule has 142 valence electrons. The number of hydrogen-bond donors (Lipinski definition) is 1. The number of carbonyl (C=O) groups is 1. The molecule has 0 radical (unpaired) electrons. The first-order valence-corrected chi connectivity index (χ1v) is 9.69. The highest BCUT2D eigenvalue weighted by Gasteiger charge is 2.15. The summed E-state index contributed by atoms with van der Waals surface area (Å²) in [5.41, 5.74) is 1.66. The van der Waals surface area contributed by atoms with E-state index in [4.69, 9.17) is 13.9 Å². The smallest absolute Gasteiger partial charge is 0.230 e. The fourth-order valence-corrected chi connectivity index (χ4v) is 3.15. The van der Waals surface area contributed by atoms with Gasteiger partial charge in [-0.15, -0.1) is 11.8 Å². The van der Waals surface area contributed by atoms with Crippen molar-refractivity contribution in [3.63, 3.8) is 0 Å². The predicted octanol–water partition coefficient (Wildman–Crippen LogP) is 3.82. The standard InChI is InChI=1S/C19H26N2O4S/c1-6-12(2)20-18(22)11-26-10-15-13(3)25-19(21-15)14-7-8-16(23-4)17(9-14)24-5/h7-9,12H,6,10-11H2,1-5H3,(H,20,22). The summed E-state index contributed by atoms with van der Waals surface area (Å²) in [5.74, 6) is 3.64. The summed E-state index contributed by atoms with van der Waals surface area (Å²) in [6.45, 7) is 5.93. The van der Waals surface area contributed by atoms with E-state index in [1.54, 1.807) is 14.2 Å². The first kappa shape index (κ1) is 20.2. The van der Waals surface area contributed by atoms with Crippen LogP contribution in [0.25, 0.3) is 11.5 Å². The van der Waals surface area contributed by atoms with Crippen molar-refractivity contribution in [2.24, 2.45) is 0 Å². The topological polar surface area (TPSA) is 73.6 Å². The predicted molar refractivity (Wildman–Crippen MR) is 104 cm³/mol. The molecule has 0 fully saturated rings. The Morgan fingerprint density at radius 2 is 2.04 bits per heavy atom. The second kappa shape index (κ2) is 9.52. The molecule has 1 heterocycles. The molecule has 7 heteroatoms. The Kier molecular flexibility index (Phi) is 7.38. The highest BCUT2D eigenvalue weighted by molar-refractivity contribution is 7.99. The molecular formula is C19H26N2O4S. The van der Waals surface area contributed by atoms with Gasteiger partial charge < -0.3 is 19.2 Å². The minimum Gasteiger partial charge on any atom is -0.493 e. The molecule has 1 aromatic carbocycles. The third-order valence-electron chi connectivity index (χ3n) is 4.01. The van der Waals surface area contributed by atoms with Gasteiger partial charge in [-0.05, 0) is 38.5 Å². The van der Waals surface area contributed by atoms with Crippen LogP contribution in [0.2, 0.25) is 0 Å². The number of oxazole rings is 1. The number of carbonyl (C=O) groups excluding carboxylic acids is 1. The normalized spacial score (nSPS) is 11.9. The zero-order chi connectivity index (χ0) is 19.1. The molecule has 0 spiro atoms. The molecule has 6 nitrogen and oxygen atoms in total. The number of methoxy groups -OCH3 is 2. The van der Waals surface area contributed by atoms with E-state index in [1.165, 1.54) is 11.8 Å². The molecule has 1 unspecified atom stereocenters. The van der Waals surface area contributed by atoms with Crippen molar-refractivity contribution in [2.45, 2.75) is 39.0 Å². The maximum Gasteiger partial charge on any atom is 0.230 e. The maximum absolute atomic E-state index is 11.8. The van der Waals surface area contributed by atoms with E-state index in [2.05, 4.69) is 10.3 Å². The van der Waals surface area contributed by atoms with Gasteiger partial charge in [0.05, 0.1) is 25.7 Å². The number of hydrogen-bond acceptors (Lipinski definition) is 6. The van der Waals surface area contributed by atoms with Gasteiger partial charge in [-0.1, -0.05) is 6.92 Å². The lowest BCUT2D eigenvalue weighted by Gasteiger charge is -2.10. The summed E-state index contributed by atoms with van der Waals surface area (Å²) >= 11 is 1.52. The second-order valence-electron chi connectivity index (χ2n) is 5.96. The van der Waals surface area contributed by atoms with Crippen LogP contribution in [-0.2, 0) is 10.5 Å². The Labute approximate surface area is 158 Å². The number of nitrogens with one attached hydrogen (secondary N) is 1. The minimum atomic E-state index is 0.0469. The zero-order valence-electron chi connectivity index (χ0n) is 15.9. The number of aryl methyl sites for hydroxylation is 1. The Morgan fingerprint density at radius 1 is 1.31 bits per heavy atom. The van der Waals surface area contributed by atoms with Crippen LogP contribution in [0, 0.1) is 6.92 Å². The van der Waals surface area contributed by atoms with E-state index in [1.807, 2.05) is 39.0 Å². The maximum atomic E-state index is 11.8. The third-order valence-corrected chi connectivity index (χ3v) is 4.96. The second-order valence-corrected chi connectivity index (χ2v) is 6.95. The molecule has 0 aliphatic rings. The number of thioether (sulfide) groups is 1. The van der Waals surface area contributed by atoms with E-state index in [9.17, 15) is 4.79 Å². The molecule has 1 atom stereocenters. The van der Waals surface area contributed by atoms with Gasteiger partial charge in [0.25, 0.3) is 0 Å². The summed E-state index contributed by atoms with van der Waals surface area (Å²) < 4.78 is 16.4. The van der Waals surface area contributed by atoms with Crippen molar-refractivity contribution >= 4 is 17.7 Å². The van der Waals surface area contributed by atoms with Gasteiger partial charge in [-0.25, -0.2) is 4.98 Å². The van der Waals surface area contributed by atoms with Crippen LogP contribution in [-0.4, -0.2) is 36.9 Å². The van der Waals surface area contributed by atoms with Gasteiger partial charge in [0.1, 0.15) is 5.76 Å². The van der Waals surface area contributed by atoms with E-state index in [0.29, 0.717) is 28.9 Å². The molecule has 0 bridgehead atoms. The number of benzene rings is 1. The fourth-order valence-electron chi connectivity index (χ4n) is 2.31. The Bertz CT molecular complexity index is 745. The van der Waals surface area contributed by atoms with Gasteiger partial charge in [0, 0.05) is 17.4 Å². The van der Waals surface area contributed by atoms with Crippen molar-refractivity contribution in [1.29, 1.82) is 0 Å². The summed E-state index contributed by atoms with van der Waals surface area (Å²) in [5, 5.41) is 2.96. The molecule has 26 heavy (non-hydrogen) atoms. The molecule has 0 saturated heterocycles. The van der Waals surface area contributed by atoms with Gasteiger partial charge in [0.2, 0.25) is 11.8 Å². The molecule has 1 N–H and O–H groups in total. The SMILES string of the molecule is CCC(C)NC(=O)CSCc1nc(-c2ccc(OC)c(OC)c2)oc1C. The summed E-state index contributed by atoms with van der Waals surface area (Å²) in [6.07, 6.45) is 0.924. The van der Waals surface area contributed by atoms with Crippen LogP contribution in [0.3, 0.4) is 0 Å². The highest BCUT2D eigenvalue weighted by Crippen LogP contribution is 2.33. The highest BCUT2D eigenvalue weighted by atomic mass is 32.2. The lowest BCUT2D eigenvalue weighted by atomic mass is 10.2. The Balaban J connectivity index is 2.02. The average molecular weight is 378 g/mol. The average Bonchev–Trinajstić information content (AvgIpc) is 3.01. The minimum absolute atomic E-state index is 0.0469. The van der Waals surface area contributed by atoms with Gasteiger partial charge >= 0.3 is 0 Å². The van der Waals surface area contributed by atoms with Crippen LogP contribution in [0.5, 0.6) is 11.5 Å². The molecule has 1 aromatic heterocycles. The summed E-state index contributed by atoms with van der Waals surface area (Å²) in [4.78, 5) is 16.4. The number of ether oxygens (including phenoxy) is 2. The lowest BCUT2D eigenvalue weighted by molar-refractivity contribution is -0.119. The van der Waals surface area contributed by atoms with Crippen LogP contribution in [0.15, 0.2) is 22.6 Å². The lowest BCUT2D eigenvalue weighted by Crippen LogP contribution is -2.33. The quantitative estimate of drug-likeness (QED) is 0.715. The van der Waals surface area contributed by atoms with Crippen LogP contribution >= 0.6 is 11.8 Å². The van der Waals surface area contributed by atoms with Crippen LogP contribution < -0.4 is 14.8 Å². The fraction of sp³-hybridized carbons (Fsp3) is 0.474. The van der Waals surface area contributed by atoms with E-state index < -0.39 is 0 Å². The monoisotopic (exact) mass is 378 g/mol. The van der Waals surface area contributed by atoms with Crippen molar-refractivity contribution < 1.29 is 18.7 Å². The first-order valence-electron chi connectivity index (χ1n) is 8.54. The number of amides is 1. The number of aromatic nitrogens is 1. The van der Waals surface area contributed by atoms with E-state index >= 15 is 0 Å². The third kappa shape index (κ3) is 5.17. The van der Waals surface area contributed by atoms with E-state index in [-0.39, 0.29) is 11.9 Å². The number of rotatable bonds is 9. The largest absolute Gasteiger partial charge is 0.493 e. The summed E-state index contributed by atoms with van der Waals surface area (Å²) in [7, 11) is 3.19. The van der Waals surface area contributed by atoms with Crippen molar-refractivity contribution in [2.75, 3.05) is 20.0 Å².